The van der Waals surface area contributed by atoms with E-state index in [4.69, 9.17) is 0 Å². The molecule has 110 valence electrons. The zero-order chi connectivity index (χ0) is 14.9. The van der Waals surface area contributed by atoms with E-state index >= 15 is 0 Å². The molecule has 1 aliphatic rings. The molecule has 1 aromatic rings. The Balaban J connectivity index is 2.02. The van der Waals surface area contributed by atoms with Gasteiger partial charge in [0.15, 0.2) is 11.6 Å². The molecule has 0 spiro atoms. The van der Waals surface area contributed by atoms with Gasteiger partial charge in [0.05, 0.1) is 12.8 Å². The summed E-state index contributed by atoms with van der Waals surface area (Å²) in [6.07, 6.45) is 2.49. The van der Waals surface area contributed by atoms with Gasteiger partial charge in [0.2, 0.25) is 15.9 Å². The zero-order valence-electron chi connectivity index (χ0n) is 10.8. The highest BCUT2D eigenvalue weighted by molar-refractivity contribution is 7.88. The van der Waals surface area contributed by atoms with E-state index in [1.165, 1.54) is 6.07 Å². The Kier molecular flexibility index (Phi) is 4.05. The highest BCUT2D eigenvalue weighted by Gasteiger charge is 2.36. The molecule has 0 unspecified atom stereocenters. The maximum Gasteiger partial charge on any atom is 0.239 e. The Morgan fingerprint density at radius 2 is 2.00 bits per heavy atom. The molecule has 1 amide bonds. The summed E-state index contributed by atoms with van der Waals surface area (Å²) in [7, 11) is -3.47. The van der Waals surface area contributed by atoms with Crippen molar-refractivity contribution in [2.24, 2.45) is 0 Å². The van der Waals surface area contributed by atoms with Crippen LogP contribution in [0.3, 0.4) is 0 Å². The Morgan fingerprint density at radius 1 is 1.35 bits per heavy atom. The molecule has 0 aromatic heterocycles. The molecule has 1 aliphatic carbocycles. The van der Waals surface area contributed by atoms with Gasteiger partial charge in [-0.15, -0.1) is 0 Å². The molecule has 0 heterocycles. The largest absolute Gasteiger partial charge is 0.325 e. The van der Waals surface area contributed by atoms with E-state index in [9.17, 15) is 22.0 Å². The Morgan fingerprint density at radius 3 is 2.50 bits per heavy atom. The lowest BCUT2D eigenvalue weighted by molar-refractivity contribution is -0.116. The number of benzene rings is 1. The van der Waals surface area contributed by atoms with Crippen molar-refractivity contribution in [2.75, 3.05) is 18.1 Å². The van der Waals surface area contributed by atoms with Gasteiger partial charge in [-0.2, -0.15) is 4.31 Å². The molecule has 0 radical (unpaired) electrons. The summed E-state index contributed by atoms with van der Waals surface area (Å²) in [5, 5.41) is 2.34. The monoisotopic (exact) mass is 304 g/mol. The molecular formula is C12H14F2N2O3S. The van der Waals surface area contributed by atoms with Crippen molar-refractivity contribution in [3.8, 4) is 0 Å². The number of sulfonamides is 1. The van der Waals surface area contributed by atoms with Gasteiger partial charge < -0.3 is 5.32 Å². The van der Waals surface area contributed by atoms with E-state index < -0.39 is 27.6 Å². The van der Waals surface area contributed by atoms with Crippen LogP contribution in [-0.4, -0.2) is 37.5 Å². The van der Waals surface area contributed by atoms with Crippen LogP contribution < -0.4 is 5.32 Å². The summed E-state index contributed by atoms with van der Waals surface area (Å²) < 4.78 is 49.9. The number of rotatable bonds is 5. The van der Waals surface area contributed by atoms with Gasteiger partial charge in [-0.1, -0.05) is 0 Å². The minimum absolute atomic E-state index is 0.0816. The Bertz CT molecular complexity index is 630. The van der Waals surface area contributed by atoms with Crippen LogP contribution in [0.1, 0.15) is 12.8 Å². The van der Waals surface area contributed by atoms with Crippen LogP contribution in [0.15, 0.2) is 18.2 Å². The number of carbonyl (C=O) groups is 1. The standard InChI is InChI=1S/C12H14F2N2O3S/c1-20(18,19)16(9-3-4-9)7-12(17)15-8-2-5-10(13)11(14)6-8/h2,5-6,9H,3-4,7H2,1H3,(H,15,17). The second-order valence-corrected chi connectivity index (χ2v) is 6.65. The number of nitrogens with zero attached hydrogens (tertiary/aromatic N) is 1. The zero-order valence-corrected chi connectivity index (χ0v) is 11.6. The van der Waals surface area contributed by atoms with Crippen molar-refractivity contribution in [2.45, 2.75) is 18.9 Å². The lowest BCUT2D eigenvalue weighted by atomic mass is 10.3. The van der Waals surface area contributed by atoms with Crippen LogP contribution in [0, 0.1) is 11.6 Å². The fourth-order valence-electron chi connectivity index (χ4n) is 1.80. The lowest BCUT2D eigenvalue weighted by Gasteiger charge is -2.18. The quantitative estimate of drug-likeness (QED) is 0.892. The van der Waals surface area contributed by atoms with Gasteiger partial charge in [0, 0.05) is 17.8 Å². The Labute approximate surface area is 115 Å². The van der Waals surface area contributed by atoms with Crippen LogP contribution in [0.2, 0.25) is 0 Å². The lowest BCUT2D eigenvalue weighted by Crippen LogP contribution is -2.38. The first-order valence-electron chi connectivity index (χ1n) is 5.99. The van der Waals surface area contributed by atoms with Gasteiger partial charge in [-0.25, -0.2) is 17.2 Å². The second-order valence-electron chi connectivity index (χ2n) is 4.72. The highest BCUT2D eigenvalue weighted by atomic mass is 32.2. The molecule has 0 saturated heterocycles. The third kappa shape index (κ3) is 3.73. The van der Waals surface area contributed by atoms with Crippen molar-refractivity contribution in [1.29, 1.82) is 0 Å². The fourth-order valence-corrected chi connectivity index (χ4v) is 2.90. The predicted molar refractivity (Wildman–Crippen MR) is 69.6 cm³/mol. The number of anilines is 1. The van der Waals surface area contributed by atoms with E-state index in [-0.39, 0.29) is 18.3 Å². The molecule has 8 heteroatoms. The van der Waals surface area contributed by atoms with Crippen molar-refractivity contribution >= 4 is 21.6 Å². The molecule has 0 atom stereocenters. The van der Waals surface area contributed by atoms with Crippen molar-refractivity contribution in [3.63, 3.8) is 0 Å². The van der Waals surface area contributed by atoms with Crippen LogP contribution in [0.25, 0.3) is 0 Å². The number of hydrogen-bond acceptors (Lipinski definition) is 3. The number of amides is 1. The number of carbonyl (C=O) groups excluding carboxylic acids is 1. The third-order valence-electron chi connectivity index (χ3n) is 2.88. The topological polar surface area (TPSA) is 66.5 Å². The highest BCUT2D eigenvalue weighted by Crippen LogP contribution is 2.28. The molecule has 1 fully saturated rings. The summed E-state index contributed by atoms with van der Waals surface area (Å²) in [6.45, 7) is -0.331. The van der Waals surface area contributed by atoms with E-state index in [1.807, 2.05) is 0 Å². The second kappa shape index (κ2) is 5.45. The molecule has 1 saturated carbocycles. The number of hydrogen-bond donors (Lipinski definition) is 1. The molecule has 2 rings (SSSR count). The van der Waals surface area contributed by atoms with Crippen LogP contribution in [0.5, 0.6) is 0 Å². The molecule has 1 N–H and O–H groups in total. The average molecular weight is 304 g/mol. The minimum Gasteiger partial charge on any atom is -0.325 e. The number of halogens is 2. The first-order chi connectivity index (χ1) is 9.27. The predicted octanol–water partition coefficient (Wildman–Crippen LogP) is 1.33. The molecule has 0 aliphatic heterocycles. The molecular weight excluding hydrogens is 290 g/mol. The van der Waals surface area contributed by atoms with E-state index in [2.05, 4.69) is 5.32 Å². The minimum atomic E-state index is -3.47. The van der Waals surface area contributed by atoms with E-state index in [1.54, 1.807) is 0 Å². The maximum absolute atomic E-state index is 13.0. The first-order valence-corrected chi connectivity index (χ1v) is 7.84. The smallest absolute Gasteiger partial charge is 0.239 e. The van der Waals surface area contributed by atoms with Gasteiger partial charge in [0.25, 0.3) is 0 Å². The summed E-state index contributed by atoms with van der Waals surface area (Å²) in [5.74, 6) is -2.68. The van der Waals surface area contributed by atoms with Gasteiger partial charge in [-0.05, 0) is 25.0 Å². The van der Waals surface area contributed by atoms with E-state index in [0.29, 0.717) is 0 Å². The van der Waals surface area contributed by atoms with Crippen LogP contribution in [0.4, 0.5) is 14.5 Å². The van der Waals surface area contributed by atoms with Crippen LogP contribution in [-0.2, 0) is 14.8 Å². The summed E-state index contributed by atoms with van der Waals surface area (Å²) in [6, 6.07) is 2.80. The fraction of sp³-hybridized carbons (Fsp3) is 0.417. The summed E-state index contributed by atoms with van der Waals surface area (Å²) >= 11 is 0. The average Bonchev–Trinajstić information content (AvgIpc) is 3.13. The normalized spacial score (nSPS) is 15.4. The number of nitrogens with one attached hydrogen (secondary N) is 1. The van der Waals surface area contributed by atoms with Crippen molar-refractivity contribution in [3.05, 3.63) is 29.8 Å². The third-order valence-corrected chi connectivity index (χ3v) is 4.16. The molecule has 5 nitrogen and oxygen atoms in total. The molecule has 0 bridgehead atoms. The molecule has 20 heavy (non-hydrogen) atoms. The Hall–Kier alpha value is -1.54. The van der Waals surface area contributed by atoms with Gasteiger partial charge >= 0.3 is 0 Å². The summed E-state index contributed by atoms with van der Waals surface area (Å²) in [4.78, 5) is 11.8. The summed E-state index contributed by atoms with van der Waals surface area (Å²) in [5.41, 5.74) is 0.0816. The SMILES string of the molecule is CS(=O)(=O)N(CC(=O)Nc1ccc(F)c(F)c1)C1CC1. The molecule has 1 aromatic carbocycles. The van der Waals surface area contributed by atoms with Gasteiger partial charge in [-0.3, -0.25) is 4.79 Å². The maximum atomic E-state index is 13.0. The van der Waals surface area contributed by atoms with E-state index in [0.717, 1.165) is 35.5 Å². The first kappa shape index (κ1) is 14.9. The van der Waals surface area contributed by atoms with Gasteiger partial charge in [0.1, 0.15) is 0 Å². The van der Waals surface area contributed by atoms with Crippen molar-refractivity contribution in [1.82, 2.24) is 4.31 Å². The van der Waals surface area contributed by atoms with Crippen molar-refractivity contribution < 1.29 is 22.0 Å². The van der Waals surface area contributed by atoms with Crippen LogP contribution >= 0.6 is 0 Å².